The molecule has 1 heterocycles. The number of nitrogens with one attached hydrogen (secondary N) is 1. The molecule has 0 radical (unpaired) electrons. The molecule has 0 spiro atoms. The highest BCUT2D eigenvalue weighted by Crippen LogP contribution is 2.19. The van der Waals surface area contributed by atoms with Gasteiger partial charge in [0.2, 0.25) is 11.8 Å². The van der Waals surface area contributed by atoms with Gasteiger partial charge in [-0.3, -0.25) is 19.8 Å². The van der Waals surface area contributed by atoms with Gasteiger partial charge in [-0.1, -0.05) is 19.1 Å². The van der Waals surface area contributed by atoms with Crippen molar-refractivity contribution in [1.29, 1.82) is 0 Å². The molecule has 2 amide bonds. The number of carbonyl (C=O) groups is 2. The molecular weight excluding hydrogens is 259 g/mol. The van der Waals surface area contributed by atoms with Crippen molar-refractivity contribution < 1.29 is 14.0 Å². The highest BCUT2D eigenvalue weighted by molar-refractivity contribution is 6.05. The molecule has 0 bridgehead atoms. The van der Waals surface area contributed by atoms with Crippen molar-refractivity contribution in [2.45, 2.75) is 38.8 Å². The summed E-state index contributed by atoms with van der Waals surface area (Å²) in [6.45, 7) is 4.30. The highest BCUT2D eigenvalue weighted by atomic mass is 19.1. The Morgan fingerprint density at radius 3 is 2.60 bits per heavy atom. The van der Waals surface area contributed by atoms with E-state index in [0.717, 1.165) is 12.0 Å². The molecule has 0 saturated carbocycles. The molecule has 1 saturated heterocycles. The topological polar surface area (TPSA) is 49.4 Å². The lowest BCUT2D eigenvalue weighted by Gasteiger charge is -2.19. The summed E-state index contributed by atoms with van der Waals surface area (Å²) in [6, 6.07) is 5.54. The van der Waals surface area contributed by atoms with Crippen LogP contribution in [0.5, 0.6) is 0 Å². The normalized spacial score (nSPS) is 20.6. The zero-order valence-electron chi connectivity index (χ0n) is 11.7. The molecule has 1 aliphatic rings. The van der Waals surface area contributed by atoms with Gasteiger partial charge in [0.1, 0.15) is 5.82 Å². The molecule has 4 nitrogen and oxygen atoms in total. The van der Waals surface area contributed by atoms with E-state index in [-0.39, 0.29) is 30.1 Å². The highest BCUT2D eigenvalue weighted by Gasteiger charge is 2.38. The molecular formula is C15H19FN2O2. The first kappa shape index (κ1) is 14.7. The Kier molecular flexibility index (Phi) is 4.49. The number of imide groups is 1. The number of carbonyl (C=O) groups excluding carboxylic acids is 2. The third kappa shape index (κ3) is 3.04. The number of halogens is 1. The molecule has 1 aliphatic heterocycles. The van der Waals surface area contributed by atoms with E-state index in [4.69, 9.17) is 0 Å². The van der Waals surface area contributed by atoms with Gasteiger partial charge in [0.05, 0.1) is 12.5 Å². The molecule has 0 aromatic heterocycles. The molecule has 5 heteroatoms. The van der Waals surface area contributed by atoms with Crippen LogP contribution in [0.3, 0.4) is 0 Å². The molecule has 108 valence electrons. The van der Waals surface area contributed by atoms with E-state index >= 15 is 0 Å². The van der Waals surface area contributed by atoms with Gasteiger partial charge in [0.25, 0.3) is 0 Å². The van der Waals surface area contributed by atoms with E-state index in [2.05, 4.69) is 5.32 Å². The standard InChI is InChI=1S/C15H19FN2O2/c1-3-8-18-14(19)9-13(15(18)20)17-10(2)11-4-6-12(16)7-5-11/h4-7,10,13,17H,3,8-9H2,1-2H3. The van der Waals surface area contributed by atoms with Gasteiger partial charge in [-0.15, -0.1) is 0 Å². The summed E-state index contributed by atoms with van der Waals surface area (Å²) in [5.41, 5.74) is 0.889. The average molecular weight is 278 g/mol. The van der Waals surface area contributed by atoms with Gasteiger partial charge in [-0.05, 0) is 31.0 Å². The monoisotopic (exact) mass is 278 g/mol. The van der Waals surface area contributed by atoms with Crippen molar-refractivity contribution in [2.75, 3.05) is 6.54 Å². The molecule has 1 N–H and O–H groups in total. The second kappa shape index (κ2) is 6.13. The Morgan fingerprint density at radius 2 is 2.00 bits per heavy atom. The van der Waals surface area contributed by atoms with Crippen LogP contribution in [0.4, 0.5) is 4.39 Å². The minimum absolute atomic E-state index is 0.112. The second-order valence-electron chi connectivity index (χ2n) is 5.08. The number of hydrogen-bond acceptors (Lipinski definition) is 3. The van der Waals surface area contributed by atoms with E-state index < -0.39 is 6.04 Å². The van der Waals surface area contributed by atoms with E-state index in [0.29, 0.717) is 6.54 Å². The molecule has 1 aromatic rings. The maximum atomic E-state index is 12.9. The number of rotatable bonds is 5. The van der Waals surface area contributed by atoms with Crippen LogP contribution in [0.2, 0.25) is 0 Å². The zero-order valence-corrected chi connectivity index (χ0v) is 11.7. The average Bonchev–Trinajstić information content (AvgIpc) is 2.67. The van der Waals surface area contributed by atoms with Crippen molar-refractivity contribution in [1.82, 2.24) is 10.2 Å². The van der Waals surface area contributed by atoms with Crippen LogP contribution in [0.15, 0.2) is 24.3 Å². The number of likely N-dealkylation sites (tertiary alicyclic amines) is 1. The first-order valence-electron chi connectivity index (χ1n) is 6.88. The van der Waals surface area contributed by atoms with Gasteiger partial charge in [0, 0.05) is 12.6 Å². The van der Waals surface area contributed by atoms with Crippen LogP contribution in [0.1, 0.15) is 38.3 Å². The van der Waals surface area contributed by atoms with E-state index in [1.165, 1.54) is 17.0 Å². The molecule has 2 atom stereocenters. The summed E-state index contributed by atoms with van der Waals surface area (Å²) in [5, 5.41) is 3.15. The number of nitrogens with zero attached hydrogens (tertiary/aromatic N) is 1. The predicted molar refractivity (Wildman–Crippen MR) is 73.4 cm³/mol. The van der Waals surface area contributed by atoms with Crippen LogP contribution in [-0.2, 0) is 9.59 Å². The van der Waals surface area contributed by atoms with Gasteiger partial charge in [-0.25, -0.2) is 4.39 Å². The second-order valence-corrected chi connectivity index (χ2v) is 5.08. The SMILES string of the molecule is CCCN1C(=O)CC(NC(C)c2ccc(F)cc2)C1=O. The number of benzene rings is 1. The maximum absolute atomic E-state index is 12.9. The van der Waals surface area contributed by atoms with Gasteiger partial charge < -0.3 is 0 Å². The fraction of sp³-hybridized carbons (Fsp3) is 0.467. The summed E-state index contributed by atoms with van der Waals surface area (Å²) in [5.74, 6) is -0.575. The Bertz CT molecular complexity index is 501. The lowest BCUT2D eigenvalue weighted by molar-refractivity contribution is -0.138. The third-order valence-electron chi connectivity index (χ3n) is 3.51. The lowest BCUT2D eigenvalue weighted by atomic mass is 10.1. The minimum atomic E-state index is -0.478. The summed E-state index contributed by atoms with van der Waals surface area (Å²) < 4.78 is 12.9. The summed E-state index contributed by atoms with van der Waals surface area (Å²) in [4.78, 5) is 25.2. The first-order chi connectivity index (χ1) is 9.52. The van der Waals surface area contributed by atoms with E-state index in [1.807, 2.05) is 13.8 Å². The van der Waals surface area contributed by atoms with Crippen LogP contribution >= 0.6 is 0 Å². The van der Waals surface area contributed by atoms with Gasteiger partial charge in [-0.2, -0.15) is 0 Å². The smallest absolute Gasteiger partial charge is 0.246 e. The summed E-state index contributed by atoms with van der Waals surface area (Å²) in [6.07, 6.45) is 0.960. The summed E-state index contributed by atoms with van der Waals surface area (Å²) >= 11 is 0. The summed E-state index contributed by atoms with van der Waals surface area (Å²) in [7, 11) is 0. The van der Waals surface area contributed by atoms with Crippen LogP contribution < -0.4 is 5.32 Å². The Morgan fingerprint density at radius 1 is 1.35 bits per heavy atom. The predicted octanol–water partition coefficient (Wildman–Crippen LogP) is 2.01. The van der Waals surface area contributed by atoms with Crippen LogP contribution in [-0.4, -0.2) is 29.3 Å². The molecule has 0 aliphatic carbocycles. The van der Waals surface area contributed by atoms with Gasteiger partial charge in [0.15, 0.2) is 0 Å². The number of amides is 2. The quantitative estimate of drug-likeness (QED) is 0.838. The van der Waals surface area contributed by atoms with Crippen LogP contribution in [0, 0.1) is 5.82 Å². The van der Waals surface area contributed by atoms with Crippen molar-refractivity contribution in [3.63, 3.8) is 0 Å². The third-order valence-corrected chi connectivity index (χ3v) is 3.51. The maximum Gasteiger partial charge on any atom is 0.246 e. The van der Waals surface area contributed by atoms with E-state index in [1.54, 1.807) is 12.1 Å². The fourth-order valence-electron chi connectivity index (χ4n) is 2.42. The first-order valence-corrected chi connectivity index (χ1v) is 6.88. The minimum Gasteiger partial charge on any atom is -0.299 e. The Hall–Kier alpha value is -1.75. The lowest BCUT2D eigenvalue weighted by Crippen LogP contribution is -2.40. The molecule has 1 aromatic carbocycles. The van der Waals surface area contributed by atoms with Crippen molar-refractivity contribution in [3.8, 4) is 0 Å². The van der Waals surface area contributed by atoms with E-state index in [9.17, 15) is 14.0 Å². The van der Waals surface area contributed by atoms with Crippen molar-refractivity contribution in [2.24, 2.45) is 0 Å². The Balaban J connectivity index is 2.01. The van der Waals surface area contributed by atoms with Gasteiger partial charge >= 0.3 is 0 Å². The molecule has 1 fully saturated rings. The largest absolute Gasteiger partial charge is 0.299 e. The number of hydrogen-bond donors (Lipinski definition) is 1. The van der Waals surface area contributed by atoms with Crippen molar-refractivity contribution >= 4 is 11.8 Å². The van der Waals surface area contributed by atoms with Crippen molar-refractivity contribution in [3.05, 3.63) is 35.6 Å². The molecule has 2 rings (SSSR count). The Labute approximate surface area is 118 Å². The zero-order chi connectivity index (χ0) is 14.7. The molecule has 2 unspecified atom stereocenters. The molecule has 20 heavy (non-hydrogen) atoms. The van der Waals surface area contributed by atoms with Crippen LogP contribution in [0.25, 0.3) is 0 Å². The fourth-order valence-corrected chi connectivity index (χ4v) is 2.42.